The van der Waals surface area contributed by atoms with Gasteiger partial charge in [0.15, 0.2) is 11.5 Å². The van der Waals surface area contributed by atoms with Crippen LogP contribution in [0.4, 0.5) is 17.3 Å². The topological polar surface area (TPSA) is 115 Å². The Morgan fingerprint density at radius 2 is 1.80 bits per heavy atom. The molecule has 0 atom stereocenters. The van der Waals surface area contributed by atoms with Crippen LogP contribution in [0.2, 0.25) is 0 Å². The van der Waals surface area contributed by atoms with Gasteiger partial charge < -0.3 is 19.9 Å². The van der Waals surface area contributed by atoms with Crippen molar-refractivity contribution >= 4 is 28.4 Å². The molecule has 0 amide bonds. The van der Waals surface area contributed by atoms with E-state index in [4.69, 9.17) is 9.72 Å². The van der Waals surface area contributed by atoms with E-state index >= 15 is 0 Å². The third kappa shape index (κ3) is 5.27. The van der Waals surface area contributed by atoms with Crippen molar-refractivity contribution in [3.63, 3.8) is 0 Å². The lowest BCUT2D eigenvalue weighted by Crippen LogP contribution is -2.44. The third-order valence-electron chi connectivity index (χ3n) is 7.04. The first kappa shape index (κ1) is 27.3. The molecule has 4 aromatic rings. The van der Waals surface area contributed by atoms with Gasteiger partial charge in [0.25, 0.3) is 11.1 Å². The molecule has 1 N–H and O–H groups in total. The number of fused-ring (bicyclic) bond motifs is 1. The number of hydrogen-bond donors (Lipinski definition) is 1. The number of rotatable bonds is 9. The SMILES string of the molecule is C=CCn1c(=O)c2cnc(Nc3ccc(N4CCN(C)CC4)cc3)nc2n1-c1ccc(=O)n(C(C)(C)COC)n1. The molecule has 5 rings (SSSR count). The van der Waals surface area contributed by atoms with E-state index in [9.17, 15) is 9.59 Å². The Labute approximate surface area is 232 Å². The van der Waals surface area contributed by atoms with Gasteiger partial charge in [0.1, 0.15) is 5.39 Å². The summed E-state index contributed by atoms with van der Waals surface area (Å²) in [6, 6.07) is 11.2. The summed E-state index contributed by atoms with van der Waals surface area (Å²) in [7, 11) is 3.71. The Kier molecular flexibility index (Phi) is 7.55. The summed E-state index contributed by atoms with van der Waals surface area (Å²) < 4.78 is 9.74. The normalized spacial score (nSPS) is 14.6. The number of nitrogens with zero attached hydrogens (tertiary/aromatic N) is 8. The van der Waals surface area contributed by atoms with Crippen molar-refractivity contribution in [2.24, 2.45) is 0 Å². The molecule has 12 nitrogen and oxygen atoms in total. The first-order valence-electron chi connectivity index (χ1n) is 13.2. The molecule has 40 heavy (non-hydrogen) atoms. The van der Waals surface area contributed by atoms with Crippen LogP contribution in [0, 0.1) is 0 Å². The molecule has 0 bridgehead atoms. The molecule has 1 aliphatic rings. The molecule has 3 aromatic heterocycles. The molecule has 210 valence electrons. The van der Waals surface area contributed by atoms with Gasteiger partial charge in [-0.25, -0.2) is 19.0 Å². The second-order valence-corrected chi connectivity index (χ2v) is 10.6. The number of benzene rings is 1. The van der Waals surface area contributed by atoms with Crippen molar-refractivity contribution in [1.29, 1.82) is 0 Å². The van der Waals surface area contributed by atoms with Gasteiger partial charge in [0.05, 0.1) is 18.7 Å². The zero-order valence-corrected chi connectivity index (χ0v) is 23.4. The molecule has 0 radical (unpaired) electrons. The highest BCUT2D eigenvalue weighted by atomic mass is 16.5. The standard InChI is InChI=1S/C28H35N9O3/c1-6-13-35-26(39)22-18-29-27(30-20-7-9-21(10-8-20)34-16-14-33(4)15-17-34)31-25(22)36(35)23-11-12-24(38)37(32-23)28(2,3)19-40-5/h6-12,18H,1,13-17,19H2,2-5H3,(H,29,30,31). The summed E-state index contributed by atoms with van der Waals surface area (Å²) >= 11 is 0. The molecular formula is C28H35N9O3. The summed E-state index contributed by atoms with van der Waals surface area (Å²) in [5.74, 6) is 0.691. The lowest BCUT2D eigenvalue weighted by atomic mass is 10.1. The maximum Gasteiger partial charge on any atom is 0.278 e. The van der Waals surface area contributed by atoms with E-state index in [2.05, 4.69) is 51.0 Å². The summed E-state index contributed by atoms with van der Waals surface area (Å²) in [6.45, 7) is 12.1. The number of ether oxygens (including phenoxy) is 1. The van der Waals surface area contributed by atoms with E-state index in [1.807, 2.05) is 26.0 Å². The fourth-order valence-corrected chi connectivity index (χ4v) is 4.92. The van der Waals surface area contributed by atoms with E-state index in [1.165, 1.54) is 27.3 Å². The number of aromatic nitrogens is 6. The molecule has 0 spiro atoms. The summed E-state index contributed by atoms with van der Waals surface area (Å²) in [4.78, 5) is 39.8. The summed E-state index contributed by atoms with van der Waals surface area (Å²) in [5.41, 5.74) is 1.07. The summed E-state index contributed by atoms with van der Waals surface area (Å²) in [6.07, 6.45) is 3.13. The fraction of sp³-hybridized carbons (Fsp3) is 0.393. The van der Waals surface area contributed by atoms with Gasteiger partial charge in [-0.3, -0.25) is 9.59 Å². The highest BCUT2D eigenvalue weighted by Crippen LogP contribution is 2.22. The molecular weight excluding hydrogens is 510 g/mol. The molecule has 12 heteroatoms. The molecule has 1 aromatic carbocycles. The number of nitrogens with one attached hydrogen (secondary N) is 1. The number of piperazine rings is 1. The van der Waals surface area contributed by atoms with Gasteiger partial charge in [-0.05, 0) is 51.2 Å². The average molecular weight is 546 g/mol. The van der Waals surface area contributed by atoms with E-state index in [0.717, 1.165) is 31.9 Å². The van der Waals surface area contributed by atoms with Crippen LogP contribution in [-0.2, 0) is 16.8 Å². The molecule has 0 unspecified atom stereocenters. The third-order valence-corrected chi connectivity index (χ3v) is 7.04. The van der Waals surface area contributed by atoms with Crippen LogP contribution in [0.1, 0.15) is 13.8 Å². The van der Waals surface area contributed by atoms with Crippen LogP contribution >= 0.6 is 0 Å². The van der Waals surface area contributed by atoms with Crippen molar-refractivity contribution < 1.29 is 4.74 Å². The van der Waals surface area contributed by atoms with E-state index in [1.54, 1.807) is 23.9 Å². The Morgan fingerprint density at radius 3 is 2.48 bits per heavy atom. The highest BCUT2D eigenvalue weighted by Gasteiger charge is 2.25. The van der Waals surface area contributed by atoms with Gasteiger partial charge in [0, 0.05) is 56.9 Å². The van der Waals surface area contributed by atoms with Gasteiger partial charge in [0.2, 0.25) is 5.95 Å². The quantitative estimate of drug-likeness (QED) is 0.316. The second kappa shape index (κ2) is 11.1. The largest absolute Gasteiger partial charge is 0.382 e. The van der Waals surface area contributed by atoms with Crippen molar-refractivity contribution in [2.45, 2.75) is 25.9 Å². The average Bonchev–Trinajstić information content (AvgIpc) is 3.20. The van der Waals surface area contributed by atoms with Gasteiger partial charge >= 0.3 is 0 Å². The monoisotopic (exact) mass is 545 g/mol. The molecule has 1 saturated heterocycles. The lowest BCUT2D eigenvalue weighted by molar-refractivity contribution is 0.0976. The highest BCUT2D eigenvalue weighted by molar-refractivity contribution is 5.77. The maximum atomic E-state index is 13.3. The Morgan fingerprint density at radius 1 is 1.07 bits per heavy atom. The minimum absolute atomic E-state index is 0.216. The Bertz CT molecular complexity index is 1630. The number of allylic oxidation sites excluding steroid dienone is 1. The van der Waals surface area contributed by atoms with Crippen molar-refractivity contribution in [2.75, 3.05) is 57.2 Å². The van der Waals surface area contributed by atoms with Crippen molar-refractivity contribution in [3.8, 4) is 5.82 Å². The van der Waals surface area contributed by atoms with Crippen LogP contribution in [0.25, 0.3) is 16.9 Å². The smallest absolute Gasteiger partial charge is 0.278 e. The molecule has 0 aliphatic carbocycles. The number of likely N-dealkylation sites (N-methyl/N-ethyl adjacent to an activating group) is 1. The van der Waals surface area contributed by atoms with Crippen molar-refractivity contribution in [1.82, 2.24) is 34.0 Å². The van der Waals surface area contributed by atoms with E-state index in [-0.39, 0.29) is 24.3 Å². The maximum absolute atomic E-state index is 13.3. The Hall–Kier alpha value is -4.29. The predicted octanol–water partition coefficient (Wildman–Crippen LogP) is 2.20. The zero-order chi connectivity index (χ0) is 28.4. The molecule has 1 aliphatic heterocycles. The van der Waals surface area contributed by atoms with Crippen LogP contribution in [-0.4, -0.2) is 81.0 Å². The lowest BCUT2D eigenvalue weighted by Gasteiger charge is -2.34. The Balaban J connectivity index is 1.52. The van der Waals surface area contributed by atoms with Crippen LogP contribution in [0.5, 0.6) is 0 Å². The minimum atomic E-state index is -0.716. The van der Waals surface area contributed by atoms with Crippen LogP contribution in [0.3, 0.4) is 0 Å². The molecule has 4 heterocycles. The predicted molar refractivity (Wildman–Crippen MR) is 156 cm³/mol. The second-order valence-electron chi connectivity index (χ2n) is 10.6. The summed E-state index contributed by atoms with van der Waals surface area (Å²) in [5, 5.41) is 8.19. The van der Waals surface area contributed by atoms with Gasteiger partial charge in [-0.1, -0.05) is 6.08 Å². The fourth-order valence-electron chi connectivity index (χ4n) is 4.92. The van der Waals surface area contributed by atoms with Gasteiger partial charge in [-0.2, -0.15) is 4.98 Å². The first-order valence-corrected chi connectivity index (χ1v) is 13.2. The van der Waals surface area contributed by atoms with Crippen LogP contribution in [0.15, 0.2) is 64.8 Å². The number of hydrogen-bond acceptors (Lipinski definition) is 9. The van der Waals surface area contributed by atoms with E-state index < -0.39 is 5.54 Å². The number of anilines is 3. The van der Waals surface area contributed by atoms with Crippen molar-refractivity contribution in [3.05, 3.63) is 76.0 Å². The van der Waals surface area contributed by atoms with Crippen LogP contribution < -0.4 is 21.3 Å². The first-order chi connectivity index (χ1) is 19.2. The number of methoxy groups -OCH3 is 1. The molecule has 0 saturated carbocycles. The minimum Gasteiger partial charge on any atom is -0.382 e. The van der Waals surface area contributed by atoms with Gasteiger partial charge in [-0.15, -0.1) is 11.7 Å². The van der Waals surface area contributed by atoms with E-state index in [0.29, 0.717) is 22.8 Å². The molecule has 1 fully saturated rings. The zero-order valence-electron chi connectivity index (χ0n) is 23.4.